The number of carbonyl (C=O) groups excluding carboxylic acids is 2. The molecule has 0 aliphatic heterocycles. The van der Waals surface area contributed by atoms with Crippen molar-refractivity contribution in [3.8, 4) is 0 Å². The van der Waals surface area contributed by atoms with Gasteiger partial charge in [-0.1, -0.05) is 0 Å². The maximum Gasteiger partial charge on any atom is 0.306 e. The number of nitrogens with one attached hydrogen (secondary N) is 1. The number of carbonyl (C=O) groups is 2. The van der Waals surface area contributed by atoms with Crippen molar-refractivity contribution >= 4 is 22.7 Å². The Morgan fingerprint density at radius 2 is 1.82 bits per heavy atom. The molecule has 0 bridgehead atoms. The molecule has 0 heterocycles. The van der Waals surface area contributed by atoms with Crippen LogP contribution in [0.3, 0.4) is 0 Å². The number of hydrogen-bond donors (Lipinski definition) is 1. The van der Waals surface area contributed by atoms with E-state index in [1.807, 2.05) is 0 Å². The van der Waals surface area contributed by atoms with Crippen LogP contribution in [0.4, 0.5) is 0 Å². The van der Waals surface area contributed by atoms with Crippen molar-refractivity contribution in [2.45, 2.75) is 39.2 Å². The third-order valence-electron chi connectivity index (χ3n) is 1.69. The second-order valence-corrected chi connectivity index (χ2v) is 6.27. The summed E-state index contributed by atoms with van der Waals surface area (Å²) in [5, 5.41) is 2.59. The molecule has 0 saturated carbocycles. The second kappa shape index (κ2) is 7.42. The molecule has 1 N–H and O–H groups in total. The van der Waals surface area contributed by atoms with E-state index in [0.29, 0.717) is 12.3 Å². The van der Waals surface area contributed by atoms with Crippen LogP contribution in [0.15, 0.2) is 0 Å². The summed E-state index contributed by atoms with van der Waals surface area (Å²) in [7, 11) is -0.914. The molecular weight excluding hydrogens is 242 g/mol. The molecule has 0 rings (SSSR count). The van der Waals surface area contributed by atoms with Gasteiger partial charge in [0.05, 0.1) is 6.42 Å². The van der Waals surface area contributed by atoms with Crippen LogP contribution in [-0.4, -0.2) is 40.2 Å². The summed E-state index contributed by atoms with van der Waals surface area (Å²) in [4.78, 5) is 22.6. The summed E-state index contributed by atoms with van der Waals surface area (Å²) in [5.41, 5.74) is -0.521. The maximum atomic E-state index is 11.3. The van der Waals surface area contributed by atoms with Crippen LogP contribution >= 0.6 is 0 Å². The fourth-order valence-corrected chi connectivity index (χ4v) is 1.42. The predicted molar refractivity (Wildman–Crippen MR) is 67.0 cm³/mol. The standard InChI is InChI=1S/C11H21NO4S/c1-11(2,3)16-10(14)6-5-9(13)12-7-8-17(4)15/h5-8H2,1-4H3,(H,12,13). The van der Waals surface area contributed by atoms with Crippen molar-refractivity contribution in [3.05, 3.63) is 0 Å². The van der Waals surface area contributed by atoms with E-state index < -0.39 is 16.4 Å². The van der Waals surface area contributed by atoms with E-state index in [1.54, 1.807) is 27.0 Å². The lowest BCUT2D eigenvalue weighted by atomic mass is 10.2. The Hall–Kier alpha value is -0.910. The van der Waals surface area contributed by atoms with Gasteiger partial charge in [-0.05, 0) is 20.8 Å². The van der Waals surface area contributed by atoms with Gasteiger partial charge in [0.15, 0.2) is 0 Å². The van der Waals surface area contributed by atoms with Crippen molar-refractivity contribution in [3.63, 3.8) is 0 Å². The van der Waals surface area contributed by atoms with Crippen LogP contribution in [0.25, 0.3) is 0 Å². The van der Waals surface area contributed by atoms with Gasteiger partial charge < -0.3 is 10.1 Å². The third kappa shape index (κ3) is 11.4. The van der Waals surface area contributed by atoms with Crippen molar-refractivity contribution < 1.29 is 18.5 Å². The quantitative estimate of drug-likeness (QED) is 0.712. The van der Waals surface area contributed by atoms with Crippen LogP contribution in [0.1, 0.15) is 33.6 Å². The summed E-state index contributed by atoms with van der Waals surface area (Å²) in [5.74, 6) is -0.175. The predicted octanol–water partition coefficient (Wildman–Crippen LogP) is 0.603. The minimum atomic E-state index is -0.914. The van der Waals surface area contributed by atoms with Crippen LogP contribution in [0.2, 0.25) is 0 Å². The molecule has 6 heteroatoms. The lowest BCUT2D eigenvalue weighted by Gasteiger charge is -2.19. The highest BCUT2D eigenvalue weighted by molar-refractivity contribution is 7.84. The van der Waals surface area contributed by atoms with E-state index in [4.69, 9.17) is 4.74 Å². The average Bonchev–Trinajstić information content (AvgIpc) is 2.11. The molecule has 0 aromatic carbocycles. The van der Waals surface area contributed by atoms with E-state index in [-0.39, 0.29) is 24.7 Å². The SMILES string of the molecule is CS(=O)CCNC(=O)CCC(=O)OC(C)(C)C. The Bertz CT molecular complexity index is 296. The molecule has 5 nitrogen and oxygen atoms in total. The first-order valence-electron chi connectivity index (χ1n) is 5.49. The third-order valence-corrected chi connectivity index (χ3v) is 2.47. The van der Waals surface area contributed by atoms with Crippen molar-refractivity contribution in [1.82, 2.24) is 5.32 Å². The molecule has 0 aromatic heterocycles. The molecule has 0 spiro atoms. The topological polar surface area (TPSA) is 72.5 Å². The lowest BCUT2D eigenvalue weighted by molar-refractivity contribution is -0.155. The van der Waals surface area contributed by atoms with Crippen molar-refractivity contribution in [2.75, 3.05) is 18.6 Å². The molecule has 1 amide bonds. The molecular formula is C11H21NO4S. The highest BCUT2D eigenvalue weighted by atomic mass is 32.2. The summed E-state index contributed by atoms with van der Waals surface area (Å²) < 4.78 is 15.8. The molecule has 100 valence electrons. The minimum Gasteiger partial charge on any atom is -0.460 e. The smallest absolute Gasteiger partial charge is 0.306 e. The number of ether oxygens (including phenoxy) is 1. The van der Waals surface area contributed by atoms with Crippen molar-refractivity contribution in [2.24, 2.45) is 0 Å². The molecule has 0 radical (unpaired) electrons. The van der Waals surface area contributed by atoms with E-state index >= 15 is 0 Å². The maximum absolute atomic E-state index is 11.3. The first kappa shape index (κ1) is 16.1. The number of amides is 1. The zero-order valence-corrected chi connectivity index (χ0v) is 11.7. The normalized spacial score (nSPS) is 12.9. The highest BCUT2D eigenvalue weighted by Gasteiger charge is 2.16. The van der Waals surface area contributed by atoms with E-state index in [9.17, 15) is 13.8 Å². The first-order valence-corrected chi connectivity index (χ1v) is 7.22. The largest absolute Gasteiger partial charge is 0.460 e. The van der Waals surface area contributed by atoms with Gasteiger partial charge in [-0.3, -0.25) is 13.8 Å². The van der Waals surface area contributed by atoms with Crippen LogP contribution in [0.5, 0.6) is 0 Å². The van der Waals surface area contributed by atoms with Gasteiger partial charge in [0.2, 0.25) is 5.91 Å². The zero-order chi connectivity index (χ0) is 13.5. The Kier molecular flexibility index (Phi) is 7.03. The second-order valence-electron chi connectivity index (χ2n) is 4.71. The van der Waals surface area contributed by atoms with Gasteiger partial charge >= 0.3 is 5.97 Å². The summed E-state index contributed by atoms with van der Waals surface area (Å²) in [6, 6.07) is 0. The Balaban J connectivity index is 3.70. The van der Waals surface area contributed by atoms with Gasteiger partial charge in [0.1, 0.15) is 5.60 Å². The van der Waals surface area contributed by atoms with E-state index in [1.165, 1.54) is 0 Å². The van der Waals surface area contributed by atoms with Crippen LogP contribution in [-0.2, 0) is 25.1 Å². The monoisotopic (exact) mass is 263 g/mol. The molecule has 0 aliphatic carbocycles. The summed E-state index contributed by atoms with van der Waals surface area (Å²) in [6.45, 7) is 5.71. The number of esters is 1. The average molecular weight is 263 g/mol. The fourth-order valence-electron chi connectivity index (χ4n) is 1.03. The Labute approximate surface area is 105 Å². The molecule has 0 aromatic rings. The van der Waals surface area contributed by atoms with E-state index in [2.05, 4.69) is 5.32 Å². The number of hydrogen-bond acceptors (Lipinski definition) is 4. The number of rotatable bonds is 6. The van der Waals surface area contributed by atoms with Crippen molar-refractivity contribution in [1.29, 1.82) is 0 Å². The molecule has 17 heavy (non-hydrogen) atoms. The minimum absolute atomic E-state index is 0.0678. The van der Waals surface area contributed by atoms with Gasteiger partial charge in [0.25, 0.3) is 0 Å². The zero-order valence-electron chi connectivity index (χ0n) is 10.9. The van der Waals surface area contributed by atoms with Gasteiger partial charge in [-0.2, -0.15) is 0 Å². The Morgan fingerprint density at radius 3 is 2.29 bits per heavy atom. The van der Waals surface area contributed by atoms with Gasteiger partial charge in [-0.15, -0.1) is 0 Å². The molecule has 0 fully saturated rings. The van der Waals surface area contributed by atoms with Crippen LogP contribution in [0, 0.1) is 0 Å². The van der Waals surface area contributed by atoms with Gasteiger partial charge in [0, 0.05) is 35.8 Å². The Morgan fingerprint density at radius 1 is 1.24 bits per heavy atom. The lowest BCUT2D eigenvalue weighted by Crippen LogP contribution is -2.29. The molecule has 0 saturated heterocycles. The summed E-state index contributed by atoms with van der Waals surface area (Å²) >= 11 is 0. The fraction of sp³-hybridized carbons (Fsp3) is 0.818. The summed E-state index contributed by atoms with van der Waals surface area (Å²) in [6.07, 6.45) is 1.75. The molecule has 1 unspecified atom stereocenters. The van der Waals surface area contributed by atoms with Crippen LogP contribution < -0.4 is 5.32 Å². The molecule has 1 atom stereocenters. The van der Waals surface area contributed by atoms with Gasteiger partial charge in [-0.25, -0.2) is 0 Å². The van der Waals surface area contributed by atoms with E-state index in [0.717, 1.165) is 0 Å². The molecule has 0 aliphatic rings. The first-order chi connectivity index (χ1) is 7.70. The highest BCUT2D eigenvalue weighted by Crippen LogP contribution is 2.08.